The predicted octanol–water partition coefficient (Wildman–Crippen LogP) is 1.96. The first kappa shape index (κ1) is 19.0. The molecule has 0 aromatic carbocycles. The molecule has 1 unspecified atom stereocenters. The second-order valence-corrected chi connectivity index (χ2v) is 3.69. The van der Waals surface area contributed by atoms with Crippen LogP contribution in [0.5, 0.6) is 0 Å². The summed E-state index contributed by atoms with van der Waals surface area (Å²) in [7, 11) is 2.67. The molecule has 0 fully saturated rings. The summed E-state index contributed by atoms with van der Waals surface area (Å²) in [6.45, 7) is 5.92. The maximum Gasteiger partial charge on any atom is 0.330 e. The summed E-state index contributed by atoms with van der Waals surface area (Å²) in [4.78, 5) is 19.6. The average molecular weight is 260 g/mol. The molecule has 1 atom stereocenters. The molecular weight excluding hydrogens is 236 g/mol. The Kier molecular flexibility index (Phi) is 16.5. The van der Waals surface area contributed by atoms with Crippen LogP contribution in [0.2, 0.25) is 0 Å². The van der Waals surface area contributed by atoms with Gasteiger partial charge in [-0.25, -0.2) is 4.79 Å². The third-order valence-corrected chi connectivity index (χ3v) is 1.95. The van der Waals surface area contributed by atoms with Crippen molar-refractivity contribution < 1.29 is 23.8 Å². The number of hydrogen-bond acceptors (Lipinski definition) is 5. The Hall–Kier alpha value is -1.36. The predicted molar refractivity (Wildman–Crippen MR) is 69.1 cm³/mol. The Balaban J connectivity index is 0. The Morgan fingerprint density at radius 3 is 2.39 bits per heavy atom. The van der Waals surface area contributed by atoms with Crippen LogP contribution in [0.1, 0.15) is 26.7 Å². The van der Waals surface area contributed by atoms with E-state index in [1.165, 1.54) is 33.1 Å². The van der Waals surface area contributed by atoms with Crippen molar-refractivity contribution in [3.05, 3.63) is 12.2 Å². The fourth-order valence-corrected chi connectivity index (χ4v) is 1.13. The number of carbonyl (C=O) groups excluding carboxylic acids is 2. The quantitative estimate of drug-likeness (QED) is 0.289. The van der Waals surface area contributed by atoms with Gasteiger partial charge in [0.25, 0.3) is 6.47 Å². The van der Waals surface area contributed by atoms with Gasteiger partial charge in [-0.05, 0) is 12.3 Å². The van der Waals surface area contributed by atoms with Crippen LogP contribution in [0.25, 0.3) is 0 Å². The van der Waals surface area contributed by atoms with Crippen molar-refractivity contribution in [3.63, 3.8) is 0 Å². The molecule has 0 heterocycles. The van der Waals surface area contributed by atoms with Crippen LogP contribution in [0.15, 0.2) is 12.2 Å². The zero-order chi connectivity index (χ0) is 14.2. The summed E-state index contributed by atoms with van der Waals surface area (Å²) in [6, 6.07) is 0. The lowest BCUT2D eigenvalue weighted by atomic mass is 10.1. The first-order chi connectivity index (χ1) is 8.62. The molecule has 0 aromatic rings. The molecule has 0 bridgehead atoms. The highest BCUT2D eigenvalue weighted by Gasteiger charge is 1.99. The topological polar surface area (TPSA) is 61.8 Å². The van der Waals surface area contributed by atoms with Gasteiger partial charge in [-0.15, -0.1) is 0 Å². The van der Waals surface area contributed by atoms with Crippen molar-refractivity contribution >= 4 is 12.4 Å². The molecule has 106 valence electrons. The molecule has 0 radical (unpaired) electrons. The van der Waals surface area contributed by atoms with Crippen LogP contribution in [-0.2, 0) is 23.8 Å². The van der Waals surface area contributed by atoms with Gasteiger partial charge in [0.05, 0.1) is 20.8 Å². The van der Waals surface area contributed by atoms with Crippen LogP contribution in [-0.4, -0.2) is 39.9 Å². The molecule has 0 amide bonds. The van der Waals surface area contributed by atoms with E-state index in [9.17, 15) is 4.79 Å². The summed E-state index contributed by atoms with van der Waals surface area (Å²) >= 11 is 0. The van der Waals surface area contributed by atoms with Crippen molar-refractivity contribution in [1.29, 1.82) is 0 Å². The average Bonchev–Trinajstić information content (AvgIpc) is 2.38. The molecule has 0 aliphatic carbocycles. The van der Waals surface area contributed by atoms with E-state index in [-0.39, 0.29) is 5.97 Å². The lowest BCUT2D eigenvalue weighted by Crippen LogP contribution is -2.05. The van der Waals surface area contributed by atoms with Gasteiger partial charge in [-0.1, -0.05) is 26.3 Å². The number of carbonyl (C=O) groups is 2. The summed E-state index contributed by atoms with van der Waals surface area (Å²) in [6.07, 6.45) is 5.41. The molecule has 5 nitrogen and oxygen atoms in total. The molecule has 5 heteroatoms. The zero-order valence-electron chi connectivity index (χ0n) is 11.7. The van der Waals surface area contributed by atoms with E-state index in [1.807, 2.05) is 0 Å². The fraction of sp³-hybridized carbons (Fsp3) is 0.692. The van der Waals surface area contributed by atoms with Crippen molar-refractivity contribution in [1.82, 2.24) is 0 Å². The van der Waals surface area contributed by atoms with E-state index in [4.69, 9.17) is 9.53 Å². The molecule has 0 aromatic heterocycles. The van der Waals surface area contributed by atoms with Crippen molar-refractivity contribution in [3.8, 4) is 0 Å². The van der Waals surface area contributed by atoms with E-state index in [2.05, 4.69) is 23.3 Å². The molecule has 0 saturated carbocycles. The number of esters is 1. The van der Waals surface area contributed by atoms with Crippen LogP contribution >= 0.6 is 0 Å². The highest BCUT2D eigenvalue weighted by molar-refractivity contribution is 5.81. The zero-order valence-corrected chi connectivity index (χ0v) is 11.7. The maximum absolute atomic E-state index is 10.6. The fourth-order valence-electron chi connectivity index (χ4n) is 1.13. The SMILES string of the molecule is CCCC(C)COC/C=C/C(=O)OC.COC=O. The van der Waals surface area contributed by atoms with E-state index >= 15 is 0 Å². The monoisotopic (exact) mass is 260 g/mol. The summed E-state index contributed by atoms with van der Waals surface area (Å²) < 4.78 is 13.6. The Morgan fingerprint density at radius 2 is 1.94 bits per heavy atom. The molecule has 0 aliphatic rings. The minimum Gasteiger partial charge on any atom is -0.471 e. The van der Waals surface area contributed by atoms with E-state index in [1.54, 1.807) is 6.08 Å². The number of ether oxygens (including phenoxy) is 3. The molecule has 0 rings (SSSR count). The van der Waals surface area contributed by atoms with Gasteiger partial charge < -0.3 is 14.2 Å². The highest BCUT2D eigenvalue weighted by Crippen LogP contribution is 2.04. The number of hydrogen-bond donors (Lipinski definition) is 0. The van der Waals surface area contributed by atoms with E-state index in [0.717, 1.165) is 6.61 Å². The summed E-state index contributed by atoms with van der Waals surface area (Å²) in [5.74, 6) is 0.252. The van der Waals surface area contributed by atoms with E-state index in [0.29, 0.717) is 19.0 Å². The first-order valence-electron chi connectivity index (χ1n) is 5.90. The second-order valence-electron chi connectivity index (χ2n) is 3.69. The van der Waals surface area contributed by atoms with Gasteiger partial charge in [0.2, 0.25) is 0 Å². The van der Waals surface area contributed by atoms with Gasteiger partial charge in [0, 0.05) is 12.7 Å². The third kappa shape index (κ3) is 17.0. The lowest BCUT2D eigenvalue weighted by molar-refractivity contribution is -0.134. The second kappa shape index (κ2) is 15.6. The molecular formula is C13H24O5. The standard InChI is InChI=1S/C11H20O3.C2H4O2/c1-4-6-10(2)9-14-8-5-7-11(12)13-3;1-4-2-3/h5,7,10H,4,6,8-9H2,1-3H3;2H,1H3/b7-5+;. The molecule has 0 N–H and O–H groups in total. The Labute approximate surface area is 109 Å². The van der Waals surface area contributed by atoms with Gasteiger partial charge in [0.15, 0.2) is 0 Å². The summed E-state index contributed by atoms with van der Waals surface area (Å²) in [5, 5.41) is 0. The first-order valence-corrected chi connectivity index (χ1v) is 5.90. The van der Waals surface area contributed by atoms with Crippen LogP contribution in [0, 0.1) is 5.92 Å². The minimum absolute atomic E-state index is 0.338. The molecule has 18 heavy (non-hydrogen) atoms. The highest BCUT2D eigenvalue weighted by atomic mass is 16.5. The molecule has 0 aliphatic heterocycles. The van der Waals surface area contributed by atoms with Gasteiger partial charge in [-0.2, -0.15) is 0 Å². The van der Waals surface area contributed by atoms with Gasteiger partial charge >= 0.3 is 5.97 Å². The van der Waals surface area contributed by atoms with Crippen molar-refractivity contribution in [2.24, 2.45) is 5.92 Å². The lowest BCUT2D eigenvalue weighted by Gasteiger charge is -2.08. The van der Waals surface area contributed by atoms with E-state index < -0.39 is 0 Å². The van der Waals surface area contributed by atoms with Crippen LogP contribution < -0.4 is 0 Å². The Morgan fingerprint density at radius 1 is 1.33 bits per heavy atom. The van der Waals surface area contributed by atoms with Gasteiger partial charge in [-0.3, -0.25) is 4.79 Å². The molecule has 0 saturated heterocycles. The number of rotatable bonds is 8. The summed E-state index contributed by atoms with van der Waals surface area (Å²) in [5.41, 5.74) is 0. The normalized spacial score (nSPS) is 11.3. The third-order valence-electron chi connectivity index (χ3n) is 1.95. The maximum atomic E-state index is 10.6. The van der Waals surface area contributed by atoms with Gasteiger partial charge in [0.1, 0.15) is 0 Å². The Bertz CT molecular complexity index is 225. The molecule has 0 spiro atoms. The van der Waals surface area contributed by atoms with Crippen LogP contribution in [0.4, 0.5) is 0 Å². The number of methoxy groups -OCH3 is 2. The van der Waals surface area contributed by atoms with Crippen molar-refractivity contribution in [2.75, 3.05) is 27.4 Å². The largest absolute Gasteiger partial charge is 0.471 e. The van der Waals surface area contributed by atoms with Crippen molar-refractivity contribution in [2.45, 2.75) is 26.7 Å². The smallest absolute Gasteiger partial charge is 0.330 e. The van der Waals surface area contributed by atoms with Crippen LogP contribution in [0.3, 0.4) is 0 Å². The minimum atomic E-state index is -0.338.